The Labute approximate surface area is 82.7 Å². The van der Waals surface area contributed by atoms with Crippen LogP contribution in [0.2, 0.25) is 0 Å². The lowest BCUT2D eigenvalue weighted by Gasteiger charge is -2.14. The third kappa shape index (κ3) is 2.48. The molecule has 0 radical (unpaired) electrons. The molecule has 78 valence electrons. The van der Waals surface area contributed by atoms with Crippen molar-refractivity contribution in [3.63, 3.8) is 0 Å². The summed E-state index contributed by atoms with van der Waals surface area (Å²) in [4.78, 5) is 23.8. The predicted molar refractivity (Wildman–Crippen MR) is 50.7 cm³/mol. The fourth-order valence-electron chi connectivity index (χ4n) is 1.19. The summed E-state index contributed by atoms with van der Waals surface area (Å²) >= 11 is 0. The van der Waals surface area contributed by atoms with Crippen molar-refractivity contribution < 1.29 is 14.3 Å². The number of ether oxygens (including phenoxy) is 1. The van der Waals surface area contributed by atoms with Crippen LogP contribution in [0.4, 0.5) is 4.79 Å². The molecule has 0 saturated carbocycles. The van der Waals surface area contributed by atoms with E-state index in [2.05, 4.69) is 11.9 Å². The molecule has 0 aromatic heterocycles. The van der Waals surface area contributed by atoms with Gasteiger partial charge in [0, 0.05) is 18.7 Å². The lowest BCUT2D eigenvalue weighted by Crippen LogP contribution is -2.31. The van der Waals surface area contributed by atoms with Crippen molar-refractivity contribution in [2.45, 2.75) is 6.92 Å². The van der Waals surface area contributed by atoms with Crippen LogP contribution < -0.4 is 5.32 Å². The van der Waals surface area contributed by atoms with Crippen molar-refractivity contribution in [1.29, 1.82) is 0 Å². The van der Waals surface area contributed by atoms with Gasteiger partial charge in [0.15, 0.2) is 0 Å². The molecule has 1 aliphatic rings. The summed E-state index contributed by atoms with van der Waals surface area (Å²) in [5, 5.41) is 2.64. The Hall–Kier alpha value is -1.52. The van der Waals surface area contributed by atoms with Gasteiger partial charge >= 0.3 is 12.0 Å². The summed E-state index contributed by atoms with van der Waals surface area (Å²) in [5.74, 6) is -0.438. The molecule has 5 nitrogen and oxygen atoms in total. The fourth-order valence-corrected chi connectivity index (χ4v) is 1.19. The number of rotatable bonds is 4. The number of carbonyl (C=O) groups is 2. The minimum absolute atomic E-state index is 0.157. The highest BCUT2D eigenvalue weighted by Gasteiger charge is 2.22. The molecular formula is C9H14N2O3. The van der Waals surface area contributed by atoms with E-state index in [1.165, 1.54) is 4.90 Å². The molecule has 0 unspecified atom stereocenters. The van der Waals surface area contributed by atoms with Gasteiger partial charge < -0.3 is 15.0 Å². The van der Waals surface area contributed by atoms with Crippen molar-refractivity contribution in [3.05, 3.63) is 12.2 Å². The highest BCUT2D eigenvalue weighted by atomic mass is 16.5. The molecular weight excluding hydrogens is 184 g/mol. The van der Waals surface area contributed by atoms with Gasteiger partial charge in [-0.3, -0.25) is 0 Å². The maximum Gasteiger partial charge on any atom is 0.335 e. The van der Waals surface area contributed by atoms with Crippen molar-refractivity contribution in [2.24, 2.45) is 0 Å². The van der Waals surface area contributed by atoms with Crippen LogP contribution in [-0.4, -0.2) is 43.1 Å². The highest BCUT2D eigenvalue weighted by molar-refractivity contribution is 5.89. The monoisotopic (exact) mass is 198 g/mol. The third-order valence-corrected chi connectivity index (χ3v) is 1.89. The van der Waals surface area contributed by atoms with E-state index in [1.54, 1.807) is 6.92 Å². The van der Waals surface area contributed by atoms with Crippen molar-refractivity contribution in [3.8, 4) is 0 Å². The van der Waals surface area contributed by atoms with Crippen LogP contribution in [0, 0.1) is 0 Å². The second kappa shape index (κ2) is 4.64. The molecule has 1 fully saturated rings. The minimum Gasteiger partial charge on any atom is -0.463 e. The van der Waals surface area contributed by atoms with E-state index in [0.29, 0.717) is 25.3 Å². The first-order chi connectivity index (χ1) is 6.65. The molecule has 0 aromatic rings. The first-order valence-corrected chi connectivity index (χ1v) is 4.52. The average Bonchev–Trinajstić information content (AvgIpc) is 2.52. The number of esters is 1. The molecule has 1 aliphatic heterocycles. The quantitative estimate of drug-likeness (QED) is 0.516. The highest BCUT2D eigenvalue weighted by Crippen LogP contribution is 2.03. The van der Waals surface area contributed by atoms with Gasteiger partial charge in [-0.25, -0.2) is 9.59 Å². The molecule has 0 spiro atoms. The van der Waals surface area contributed by atoms with E-state index < -0.39 is 5.97 Å². The molecule has 1 heterocycles. The van der Waals surface area contributed by atoms with Crippen LogP contribution >= 0.6 is 0 Å². The number of nitrogens with zero attached hydrogens (tertiary/aromatic N) is 1. The Morgan fingerprint density at radius 2 is 2.43 bits per heavy atom. The second-order valence-corrected chi connectivity index (χ2v) is 2.98. The van der Waals surface area contributed by atoms with E-state index in [1.807, 2.05) is 0 Å². The third-order valence-electron chi connectivity index (χ3n) is 1.89. The Bertz CT molecular complexity index is 263. The van der Waals surface area contributed by atoms with E-state index in [4.69, 9.17) is 4.74 Å². The minimum atomic E-state index is -0.438. The zero-order valence-electron chi connectivity index (χ0n) is 8.21. The lowest BCUT2D eigenvalue weighted by molar-refractivity contribution is -0.138. The molecule has 0 aromatic carbocycles. The maximum absolute atomic E-state index is 11.2. The SMILES string of the molecule is C=C(CN1CCNC1=O)C(=O)OCC. The smallest absolute Gasteiger partial charge is 0.335 e. The van der Waals surface area contributed by atoms with E-state index in [9.17, 15) is 9.59 Å². The fraction of sp³-hybridized carbons (Fsp3) is 0.556. The van der Waals surface area contributed by atoms with Gasteiger partial charge in [0.1, 0.15) is 0 Å². The van der Waals surface area contributed by atoms with Gasteiger partial charge in [0.2, 0.25) is 0 Å². The van der Waals surface area contributed by atoms with E-state index in [-0.39, 0.29) is 12.6 Å². The topological polar surface area (TPSA) is 58.6 Å². The zero-order chi connectivity index (χ0) is 10.6. The first-order valence-electron chi connectivity index (χ1n) is 4.52. The Kier molecular flexibility index (Phi) is 3.50. The van der Waals surface area contributed by atoms with E-state index in [0.717, 1.165) is 0 Å². The summed E-state index contributed by atoms with van der Waals surface area (Å²) in [6, 6.07) is -0.157. The Balaban J connectivity index is 2.40. The molecule has 0 bridgehead atoms. The average molecular weight is 198 g/mol. The lowest BCUT2D eigenvalue weighted by atomic mass is 10.3. The largest absolute Gasteiger partial charge is 0.463 e. The number of carbonyl (C=O) groups excluding carboxylic acids is 2. The molecule has 0 atom stereocenters. The molecule has 14 heavy (non-hydrogen) atoms. The van der Waals surface area contributed by atoms with Gasteiger partial charge in [-0.15, -0.1) is 0 Å². The van der Waals surface area contributed by atoms with Gasteiger partial charge in [-0.2, -0.15) is 0 Å². The van der Waals surface area contributed by atoms with Crippen molar-refractivity contribution in [2.75, 3.05) is 26.2 Å². The van der Waals surface area contributed by atoms with Gasteiger partial charge in [0.25, 0.3) is 0 Å². The number of hydrogen-bond acceptors (Lipinski definition) is 3. The zero-order valence-corrected chi connectivity index (χ0v) is 8.21. The van der Waals surface area contributed by atoms with Crippen molar-refractivity contribution in [1.82, 2.24) is 10.2 Å². The standard InChI is InChI=1S/C9H14N2O3/c1-3-14-8(12)7(2)6-11-5-4-10-9(11)13/h2-6H2,1H3,(H,10,13). The first kappa shape index (κ1) is 10.6. The van der Waals surface area contributed by atoms with Crippen LogP contribution in [0.5, 0.6) is 0 Å². The summed E-state index contributed by atoms with van der Waals surface area (Å²) in [7, 11) is 0. The number of amides is 2. The maximum atomic E-state index is 11.2. The van der Waals surface area contributed by atoms with Crippen LogP contribution in [0.25, 0.3) is 0 Å². The van der Waals surface area contributed by atoms with E-state index >= 15 is 0 Å². The predicted octanol–water partition coefficient (Wildman–Crippen LogP) is 0.131. The van der Waals surface area contributed by atoms with Gasteiger partial charge in [0.05, 0.1) is 13.2 Å². The second-order valence-electron chi connectivity index (χ2n) is 2.98. The summed E-state index contributed by atoms with van der Waals surface area (Å²) in [6.45, 7) is 7.10. The van der Waals surface area contributed by atoms with Crippen LogP contribution in [0.15, 0.2) is 12.2 Å². The van der Waals surface area contributed by atoms with Crippen LogP contribution in [0.1, 0.15) is 6.92 Å². The number of nitrogens with one attached hydrogen (secondary N) is 1. The molecule has 1 saturated heterocycles. The molecule has 1 N–H and O–H groups in total. The van der Waals surface area contributed by atoms with Crippen LogP contribution in [0.3, 0.4) is 0 Å². The molecule has 1 rings (SSSR count). The molecule has 0 aliphatic carbocycles. The van der Waals surface area contributed by atoms with Crippen molar-refractivity contribution >= 4 is 12.0 Å². The Morgan fingerprint density at radius 1 is 1.71 bits per heavy atom. The Morgan fingerprint density at radius 3 is 2.93 bits per heavy atom. The molecule has 2 amide bonds. The summed E-state index contributed by atoms with van der Waals surface area (Å²) in [5.41, 5.74) is 0.309. The molecule has 5 heteroatoms. The number of urea groups is 1. The summed E-state index contributed by atoms with van der Waals surface area (Å²) < 4.78 is 4.75. The number of hydrogen-bond donors (Lipinski definition) is 1. The summed E-state index contributed by atoms with van der Waals surface area (Å²) in [6.07, 6.45) is 0. The van der Waals surface area contributed by atoms with Gasteiger partial charge in [-0.05, 0) is 6.92 Å². The van der Waals surface area contributed by atoms with Gasteiger partial charge in [-0.1, -0.05) is 6.58 Å². The normalized spacial score (nSPS) is 15.2. The van der Waals surface area contributed by atoms with Crippen LogP contribution in [-0.2, 0) is 9.53 Å².